The maximum Gasteiger partial charge on any atom is 0.375 e. The average Bonchev–Trinajstić information content (AvgIpc) is 2.98. The fourth-order valence-corrected chi connectivity index (χ4v) is 2.93. The Labute approximate surface area is 156 Å². The summed E-state index contributed by atoms with van der Waals surface area (Å²) in [5, 5.41) is 0.826. The Hall–Kier alpha value is -3.15. The third-order valence-electron chi connectivity index (χ3n) is 4.35. The largest absolute Gasteiger partial charge is 0.449 e. The number of aryl methyl sites for hydroxylation is 1. The number of carbonyl (C=O) groups excluding carboxylic acids is 2. The van der Waals surface area contributed by atoms with Gasteiger partial charge in [-0.25, -0.2) is 9.18 Å². The van der Waals surface area contributed by atoms with Gasteiger partial charge in [-0.05, 0) is 37.6 Å². The van der Waals surface area contributed by atoms with Gasteiger partial charge in [-0.15, -0.1) is 0 Å². The second-order valence-corrected chi connectivity index (χ2v) is 6.42. The average molecular weight is 369 g/mol. The van der Waals surface area contributed by atoms with E-state index in [2.05, 4.69) is 0 Å². The molecule has 3 aromatic rings. The third kappa shape index (κ3) is 4.00. The number of hydrogen-bond donors (Lipinski definition) is 0. The van der Waals surface area contributed by atoms with E-state index in [1.165, 1.54) is 24.0 Å². The minimum atomic E-state index is -0.997. The van der Waals surface area contributed by atoms with Crippen molar-refractivity contribution in [1.29, 1.82) is 0 Å². The number of likely N-dealkylation sites (N-methyl/N-ethyl adjacent to an activating group) is 1. The zero-order valence-corrected chi connectivity index (χ0v) is 15.4. The number of amides is 1. The van der Waals surface area contributed by atoms with Crippen LogP contribution in [0.2, 0.25) is 0 Å². The van der Waals surface area contributed by atoms with Crippen molar-refractivity contribution in [3.8, 4) is 0 Å². The number of para-hydroxylation sites is 1. The SMILES string of the molecule is Cc1c(C(=O)OC(C)C(=O)N(C)Cc2cccc(F)c2)oc2ccccc12. The van der Waals surface area contributed by atoms with Gasteiger partial charge in [0.1, 0.15) is 11.4 Å². The standard InChI is InChI=1S/C21H20FNO4/c1-13-17-9-4-5-10-18(17)27-19(13)21(25)26-14(2)20(24)23(3)12-15-7-6-8-16(22)11-15/h4-11,14H,12H2,1-3H3. The van der Waals surface area contributed by atoms with E-state index in [9.17, 15) is 14.0 Å². The maximum atomic E-state index is 13.3. The fourth-order valence-electron chi connectivity index (χ4n) is 2.93. The van der Waals surface area contributed by atoms with Crippen molar-refractivity contribution >= 4 is 22.8 Å². The molecule has 0 aliphatic carbocycles. The molecule has 27 heavy (non-hydrogen) atoms. The lowest BCUT2D eigenvalue weighted by atomic mass is 10.1. The van der Waals surface area contributed by atoms with Crippen LogP contribution in [0.25, 0.3) is 11.0 Å². The van der Waals surface area contributed by atoms with Crippen molar-refractivity contribution in [3.05, 3.63) is 71.2 Å². The van der Waals surface area contributed by atoms with Crippen LogP contribution in [0.1, 0.15) is 28.6 Å². The number of fused-ring (bicyclic) bond motifs is 1. The Morgan fingerprint density at radius 2 is 1.93 bits per heavy atom. The highest BCUT2D eigenvalue weighted by molar-refractivity contribution is 5.97. The lowest BCUT2D eigenvalue weighted by Gasteiger charge is -2.21. The molecule has 5 nitrogen and oxygen atoms in total. The number of ether oxygens (including phenoxy) is 1. The van der Waals surface area contributed by atoms with Crippen LogP contribution in [-0.2, 0) is 16.1 Å². The summed E-state index contributed by atoms with van der Waals surface area (Å²) in [7, 11) is 1.57. The summed E-state index contributed by atoms with van der Waals surface area (Å²) in [5.41, 5.74) is 1.91. The van der Waals surface area contributed by atoms with Gasteiger partial charge < -0.3 is 14.1 Å². The van der Waals surface area contributed by atoms with E-state index >= 15 is 0 Å². The van der Waals surface area contributed by atoms with Crippen LogP contribution in [0.4, 0.5) is 4.39 Å². The molecule has 1 amide bonds. The number of nitrogens with zero attached hydrogens (tertiary/aromatic N) is 1. The monoisotopic (exact) mass is 369 g/mol. The Balaban J connectivity index is 1.68. The molecule has 1 heterocycles. The normalized spacial score (nSPS) is 12.0. The van der Waals surface area contributed by atoms with Crippen LogP contribution in [0, 0.1) is 12.7 Å². The van der Waals surface area contributed by atoms with Gasteiger partial charge in [-0.1, -0.05) is 30.3 Å². The van der Waals surface area contributed by atoms with E-state index in [1.807, 2.05) is 18.2 Å². The molecule has 0 saturated heterocycles. The quantitative estimate of drug-likeness (QED) is 0.636. The molecule has 2 aromatic carbocycles. The van der Waals surface area contributed by atoms with E-state index in [0.717, 1.165) is 5.39 Å². The van der Waals surface area contributed by atoms with Gasteiger partial charge in [-0.3, -0.25) is 4.79 Å². The molecule has 0 aliphatic heterocycles. The van der Waals surface area contributed by atoms with Gasteiger partial charge in [0.2, 0.25) is 5.76 Å². The van der Waals surface area contributed by atoms with Crippen molar-refractivity contribution in [1.82, 2.24) is 4.90 Å². The molecule has 1 aromatic heterocycles. The molecular formula is C21H20FNO4. The maximum absolute atomic E-state index is 13.3. The zero-order valence-electron chi connectivity index (χ0n) is 15.4. The highest BCUT2D eigenvalue weighted by Crippen LogP contribution is 2.25. The zero-order chi connectivity index (χ0) is 19.6. The summed E-state index contributed by atoms with van der Waals surface area (Å²) >= 11 is 0. The molecule has 0 aliphatic rings. The molecule has 0 radical (unpaired) electrons. The Bertz CT molecular complexity index is 995. The lowest BCUT2D eigenvalue weighted by molar-refractivity contribution is -0.139. The number of hydrogen-bond acceptors (Lipinski definition) is 4. The predicted molar refractivity (Wildman–Crippen MR) is 98.7 cm³/mol. The van der Waals surface area contributed by atoms with Gasteiger partial charge in [0, 0.05) is 24.5 Å². The van der Waals surface area contributed by atoms with Crippen molar-refractivity contribution in [2.24, 2.45) is 0 Å². The highest BCUT2D eigenvalue weighted by Gasteiger charge is 2.26. The first-order valence-corrected chi connectivity index (χ1v) is 8.55. The number of esters is 1. The summed E-state index contributed by atoms with van der Waals surface area (Å²) in [6.45, 7) is 3.48. The fraction of sp³-hybridized carbons (Fsp3) is 0.238. The van der Waals surface area contributed by atoms with Gasteiger partial charge in [0.05, 0.1) is 0 Å². The minimum absolute atomic E-state index is 0.0867. The summed E-state index contributed by atoms with van der Waals surface area (Å²) in [4.78, 5) is 26.3. The second kappa shape index (κ2) is 7.61. The van der Waals surface area contributed by atoms with E-state index in [-0.39, 0.29) is 24.0 Å². The molecule has 0 N–H and O–H groups in total. The topological polar surface area (TPSA) is 59.8 Å². The Morgan fingerprint density at radius 1 is 1.19 bits per heavy atom. The van der Waals surface area contributed by atoms with Gasteiger partial charge >= 0.3 is 5.97 Å². The van der Waals surface area contributed by atoms with Crippen molar-refractivity contribution in [2.75, 3.05) is 7.05 Å². The van der Waals surface area contributed by atoms with Crippen molar-refractivity contribution in [2.45, 2.75) is 26.5 Å². The molecular weight excluding hydrogens is 349 g/mol. The van der Waals surface area contributed by atoms with Gasteiger partial charge in [-0.2, -0.15) is 0 Å². The molecule has 0 bridgehead atoms. The van der Waals surface area contributed by atoms with E-state index in [4.69, 9.17) is 9.15 Å². The summed E-state index contributed by atoms with van der Waals surface area (Å²) in [5.74, 6) is -1.36. The van der Waals surface area contributed by atoms with E-state index in [0.29, 0.717) is 16.7 Å². The highest BCUT2D eigenvalue weighted by atomic mass is 19.1. The molecule has 1 atom stereocenters. The van der Waals surface area contributed by atoms with Crippen LogP contribution in [0.15, 0.2) is 52.9 Å². The van der Waals surface area contributed by atoms with Gasteiger partial charge in [0.25, 0.3) is 5.91 Å². The third-order valence-corrected chi connectivity index (χ3v) is 4.35. The van der Waals surface area contributed by atoms with Crippen LogP contribution in [-0.4, -0.2) is 29.9 Å². The number of rotatable bonds is 5. The first-order chi connectivity index (χ1) is 12.9. The van der Waals surface area contributed by atoms with Crippen LogP contribution < -0.4 is 0 Å². The number of halogens is 1. The summed E-state index contributed by atoms with van der Waals surface area (Å²) in [6.07, 6.45) is -0.997. The minimum Gasteiger partial charge on any atom is -0.449 e. The number of carbonyl (C=O) groups is 2. The van der Waals surface area contributed by atoms with E-state index in [1.54, 1.807) is 32.2 Å². The predicted octanol–water partition coefficient (Wildman–Crippen LogP) is 4.08. The molecule has 1 unspecified atom stereocenters. The Morgan fingerprint density at radius 3 is 2.63 bits per heavy atom. The first-order valence-electron chi connectivity index (χ1n) is 8.55. The number of benzene rings is 2. The molecule has 6 heteroatoms. The Kier molecular flexibility index (Phi) is 5.26. The molecule has 0 saturated carbocycles. The summed E-state index contributed by atoms with van der Waals surface area (Å²) < 4.78 is 24.1. The molecule has 3 rings (SSSR count). The molecule has 0 spiro atoms. The summed E-state index contributed by atoms with van der Waals surface area (Å²) in [6, 6.07) is 13.3. The van der Waals surface area contributed by atoms with Crippen molar-refractivity contribution < 1.29 is 23.1 Å². The van der Waals surface area contributed by atoms with Crippen LogP contribution in [0.3, 0.4) is 0 Å². The second-order valence-electron chi connectivity index (χ2n) is 6.42. The molecule has 0 fully saturated rings. The van der Waals surface area contributed by atoms with Crippen molar-refractivity contribution in [3.63, 3.8) is 0 Å². The number of furan rings is 1. The van der Waals surface area contributed by atoms with Gasteiger partial charge in [0.15, 0.2) is 6.10 Å². The smallest absolute Gasteiger partial charge is 0.375 e. The van der Waals surface area contributed by atoms with Crippen LogP contribution in [0.5, 0.6) is 0 Å². The van der Waals surface area contributed by atoms with Crippen LogP contribution >= 0.6 is 0 Å². The first kappa shape index (κ1) is 18.6. The molecule has 140 valence electrons. The van der Waals surface area contributed by atoms with E-state index < -0.39 is 12.1 Å². The lowest BCUT2D eigenvalue weighted by Crippen LogP contribution is -2.37.